The number of hydrogen-bond acceptors (Lipinski definition) is 9. The molecule has 5 rings (SSSR count). The second-order valence-corrected chi connectivity index (χ2v) is 12.9. The Morgan fingerprint density at radius 1 is 1.06 bits per heavy atom. The van der Waals surface area contributed by atoms with Crippen molar-refractivity contribution in [3.05, 3.63) is 92.6 Å². The van der Waals surface area contributed by atoms with Crippen molar-refractivity contribution in [1.82, 2.24) is 0 Å². The molecule has 2 aliphatic rings. The lowest BCUT2D eigenvalue weighted by atomic mass is 9.68. The number of benzene rings is 3. The van der Waals surface area contributed by atoms with Gasteiger partial charge in [-0.05, 0) is 99.4 Å². The molecule has 1 fully saturated rings. The first-order valence-corrected chi connectivity index (χ1v) is 16.3. The molecule has 0 radical (unpaired) electrons. The smallest absolute Gasteiger partial charge is 0.488 e. The van der Waals surface area contributed by atoms with Gasteiger partial charge in [-0.2, -0.15) is 0 Å². The summed E-state index contributed by atoms with van der Waals surface area (Å²) >= 11 is 2.04. The first-order chi connectivity index (χ1) is 22.6. The van der Waals surface area contributed by atoms with Crippen molar-refractivity contribution in [2.24, 2.45) is 17.8 Å². The van der Waals surface area contributed by atoms with E-state index in [9.17, 15) is 35.0 Å². The van der Waals surface area contributed by atoms with E-state index in [0.29, 0.717) is 26.9 Å². The van der Waals surface area contributed by atoms with Gasteiger partial charge in [0.2, 0.25) is 11.8 Å². The Labute approximate surface area is 287 Å². The summed E-state index contributed by atoms with van der Waals surface area (Å²) in [6.45, 7) is -0.344. The molecule has 1 aliphatic heterocycles. The number of carbonyl (C=O) groups is 2. The molecule has 1 saturated heterocycles. The predicted molar refractivity (Wildman–Crippen MR) is 187 cm³/mol. The number of fused-ring (bicyclic) bond motifs is 1. The van der Waals surface area contributed by atoms with Gasteiger partial charge in [-0.15, -0.1) is 0 Å². The number of aliphatic hydroxyl groups is 2. The van der Waals surface area contributed by atoms with Crippen LogP contribution in [0.15, 0.2) is 77.9 Å². The van der Waals surface area contributed by atoms with Crippen LogP contribution in [0.4, 0.5) is 5.69 Å². The predicted octanol–water partition coefficient (Wildman–Crippen LogP) is 3.13. The van der Waals surface area contributed by atoms with Crippen molar-refractivity contribution in [1.29, 1.82) is 0 Å². The van der Waals surface area contributed by atoms with Gasteiger partial charge in [0, 0.05) is 13.0 Å². The fourth-order valence-electron chi connectivity index (χ4n) is 6.78. The van der Waals surface area contributed by atoms with Crippen LogP contribution in [0.5, 0.6) is 11.5 Å². The van der Waals surface area contributed by atoms with Crippen LogP contribution < -0.4 is 15.1 Å². The van der Waals surface area contributed by atoms with Crippen molar-refractivity contribution >= 4 is 64.3 Å². The van der Waals surface area contributed by atoms with Crippen LogP contribution in [0.1, 0.15) is 30.4 Å². The molecule has 0 saturated carbocycles. The normalized spacial score (nSPS) is 20.4. The molecule has 0 aromatic heterocycles. The number of imide groups is 1. The van der Waals surface area contributed by atoms with E-state index >= 15 is 0 Å². The van der Waals surface area contributed by atoms with Crippen molar-refractivity contribution in [3.63, 3.8) is 0 Å². The van der Waals surface area contributed by atoms with E-state index in [4.69, 9.17) is 9.47 Å². The quantitative estimate of drug-likeness (QED) is 0.0617. The maximum absolute atomic E-state index is 13.9. The SMILES string of the molecule is COCC1=C([C@H](O)CC/C(=C/c2cc(I)c(O)c(OC)c2)c2ccccc2)[C@H](CO)[C@@H]2C(=O)N(c3cccc(B(O)O)c3)C(=O)[C@@H]2C1. The minimum absolute atomic E-state index is 0.0578. The first kappa shape index (κ1) is 34.8. The van der Waals surface area contributed by atoms with E-state index in [-0.39, 0.29) is 36.3 Å². The van der Waals surface area contributed by atoms with Gasteiger partial charge in [0.05, 0.1) is 47.5 Å². The van der Waals surface area contributed by atoms with Gasteiger partial charge in [-0.3, -0.25) is 14.5 Å². The molecule has 47 heavy (non-hydrogen) atoms. The molecule has 3 aromatic carbocycles. The summed E-state index contributed by atoms with van der Waals surface area (Å²) in [7, 11) is 1.23. The maximum atomic E-state index is 13.9. The third-order valence-corrected chi connectivity index (χ3v) is 9.75. The van der Waals surface area contributed by atoms with Gasteiger partial charge in [-0.25, -0.2) is 0 Å². The number of ether oxygens (including phenoxy) is 2. The topological polar surface area (TPSA) is 157 Å². The molecule has 246 valence electrons. The number of rotatable bonds is 12. The molecule has 0 unspecified atom stereocenters. The molecule has 1 heterocycles. The number of allylic oxidation sites excluding steroid dienone is 1. The number of aliphatic hydroxyl groups excluding tert-OH is 2. The van der Waals surface area contributed by atoms with Gasteiger partial charge < -0.3 is 34.8 Å². The molecule has 3 aromatic rings. The Hall–Kier alpha value is -3.53. The second kappa shape index (κ2) is 15.1. The monoisotopic (exact) mass is 753 g/mol. The summed E-state index contributed by atoms with van der Waals surface area (Å²) in [6.07, 6.45) is 1.79. The van der Waals surface area contributed by atoms with Gasteiger partial charge in [0.25, 0.3) is 0 Å². The summed E-state index contributed by atoms with van der Waals surface area (Å²) in [5.41, 5.74) is 4.19. The minimum atomic E-state index is -1.78. The Morgan fingerprint density at radius 3 is 2.47 bits per heavy atom. The zero-order valence-electron chi connectivity index (χ0n) is 26.0. The molecule has 1 aliphatic carbocycles. The standard InChI is InChI=1S/C35H37BINO9/c1-46-19-23-16-26-32(35(43)38(34(26)42)25-10-6-9-24(17-25)36(44)45)27(18-39)31(23)29(40)12-11-22(21-7-4-3-5-8-21)13-20-14-28(37)33(41)30(15-20)47-2/h3-10,13-15,17,26-27,29,32,39-41,44-45H,11-12,16,18-19H2,1-2H3/b22-13-/t26-,27+,29-,32-/m1/s1. The Morgan fingerprint density at radius 2 is 1.81 bits per heavy atom. The number of anilines is 1. The fourth-order valence-corrected chi connectivity index (χ4v) is 7.40. The lowest BCUT2D eigenvalue weighted by Gasteiger charge is -2.36. The summed E-state index contributed by atoms with van der Waals surface area (Å²) in [6, 6.07) is 19.2. The highest BCUT2D eigenvalue weighted by Crippen LogP contribution is 2.47. The molecular weight excluding hydrogens is 716 g/mol. The lowest BCUT2D eigenvalue weighted by molar-refractivity contribution is -0.123. The van der Waals surface area contributed by atoms with Crippen LogP contribution in [-0.4, -0.2) is 77.8 Å². The van der Waals surface area contributed by atoms with E-state index in [0.717, 1.165) is 21.6 Å². The molecule has 5 N–H and O–H groups in total. The molecular formula is C35H37BINO9. The molecule has 0 bridgehead atoms. The summed E-state index contributed by atoms with van der Waals surface area (Å²) in [5.74, 6) is -3.05. The van der Waals surface area contributed by atoms with Crippen LogP contribution in [0.2, 0.25) is 0 Å². The van der Waals surface area contributed by atoms with Crippen molar-refractivity contribution in [2.45, 2.75) is 25.4 Å². The van der Waals surface area contributed by atoms with E-state index in [1.54, 1.807) is 12.1 Å². The van der Waals surface area contributed by atoms with E-state index in [2.05, 4.69) is 0 Å². The van der Waals surface area contributed by atoms with Crippen molar-refractivity contribution < 1.29 is 44.4 Å². The zero-order valence-corrected chi connectivity index (χ0v) is 28.2. The molecule has 12 heteroatoms. The second-order valence-electron chi connectivity index (χ2n) is 11.7. The minimum Gasteiger partial charge on any atom is -0.504 e. The summed E-state index contributed by atoms with van der Waals surface area (Å²) in [4.78, 5) is 28.6. The van der Waals surface area contributed by atoms with Crippen LogP contribution in [0, 0.1) is 21.3 Å². The first-order valence-electron chi connectivity index (χ1n) is 15.3. The Kier molecular flexibility index (Phi) is 11.2. The summed E-state index contributed by atoms with van der Waals surface area (Å²) < 4.78 is 11.5. The number of halogens is 1. The number of hydrogen-bond donors (Lipinski definition) is 5. The molecule has 0 spiro atoms. The fraction of sp³-hybridized carbons (Fsp3) is 0.314. The Balaban J connectivity index is 1.46. The van der Waals surface area contributed by atoms with Gasteiger partial charge in [0.1, 0.15) is 0 Å². The number of nitrogens with zero attached hydrogens (tertiary/aromatic N) is 1. The molecule has 10 nitrogen and oxygen atoms in total. The van der Waals surface area contributed by atoms with Gasteiger partial charge in [-0.1, -0.05) is 48.5 Å². The van der Waals surface area contributed by atoms with Crippen LogP contribution in [-0.2, 0) is 14.3 Å². The van der Waals surface area contributed by atoms with Gasteiger partial charge >= 0.3 is 7.12 Å². The number of phenolic OH excluding ortho intramolecular Hbond substituents is 1. The van der Waals surface area contributed by atoms with Gasteiger partial charge in [0.15, 0.2) is 11.5 Å². The number of amides is 2. The highest BCUT2D eigenvalue weighted by atomic mass is 127. The number of carbonyl (C=O) groups excluding carboxylic acids is 2. The van der Waals surface area contributed by atoms with E-state index in [1.807, 2.05) is 65.1 Å². The molecule has 2 amide bonds. The number of phenols is 1. The van der Waals surface area contributed by atoms with Crippen LogP contribution in [0.3, 0.4) is 0 Å². The lowest BCUT2D eigenvalue weighted by Crippen LogP contribution is -2.39. The van der Waals surface area contributed by atoms with Crippen molar-refractivity contribution in [3.8, 4) is 11.5 Å². The molecule has 4 atom stereocenters. The average Bonchev–Trinajstić information content (AvgIpc) is 3.32. The van der Waals surface area contributed by atoms with Crippen molar-refractivity contribution in [2.75, 3.05) is 32.3 Å². The van der Waals surface area contributed by atoms with E-state index in [1.165, 1.54) is 32.4 Å². The average molecular weight is 753 g/mol. The Bertz CT molecular complexity index is 1690. The highest BCUT2D eigenvalue weighted by molar-refractivity contribution is 14.1. The zero-order chi connectivity index (χ0) is 33.8. The number of aromatic hydroxyl groups is 1. The number of methoxy groups -OCH3 is 2. The maximum Gasteiger partial charge on any atom is 0.488 e. The third kappa shape index (κ3) is 7.18. The largest absolute Gasteiger partial charge is 0.504 e. The van der Waals surface area contributed by atoms with Crippen LogP contribution >= 0.6 is 22.6 Å². The highest BCUT2D eigenvalue weighted by Gasteiger charge is 2.55. The third-order valence-electron chi connectivity index (χ3n) is 8.93. The van der Waals surface area contributed by atoms with Crippen LogP contribution in [0.25, 0.3) is 11.6 Å². The van der Waals surface area contributed by atoms with E-state index < -0.39 is 49.4 Å². The summed E-state index contributed by atoms with van der Waals surface area (Å²) in [5, 5.41) is 52.1.